The maximum Gasteiger partial charge on any atom is 0.269 e. The lowest BCUT2D eigenvalue weighted by Gasteiger charge is -2.29. The molecule has 5 rings (SSSR count). The summed E-state index contributed by atoms with van der Waals surface area (Å²) in [7, 11) is 2.58. The van der Waals surface area contributed by atoms with Gasteiger partial charge in [-0.2, -0.15) is 0 Å². The van der Waals surface area contributed by atoms with Crippen LogP contribution in [0.2, 0.25) is 0 Å². The van der Waals surface area contributed by atoms with Gasteiger partial charge in [-0.1, -0.05) is 0 Å². The van der Waals surface area contributed by atoms with E-state index in [4.69, 9.17) is 19.2 Å². The number of ether oxygens (including phenoxy) is 3. The van der Waals surface area contributed by atoms with Gasteiger partial charge in [0.25, 0.3) is 5.91 Å². The second-order valence-electron chi connectivity index (χ2n) is 8.64. The fourth-order valence-electron chi connectivity index (χ4n) is 4.31. The van der Waals surface area contributed by atoms with E-state index < -0.39 is 11.6 Å². The fourth-order valence-corrected chi connectivity index (χ4v) is 4.31. The summed E-state index contributed by atoms with van der Waals surface area (Å²) in [4.78, 5) is 32.1. The largest absolute Gasteiger partial charge is 0.494 e. The summed E-state index contributed by atoms with van der Waals surface area (Å²) < 4.78 is 46.5. The van der Waals surface area contributed by atoms with E-state index in [1.807, 2.05) is 11.8 Å². The Balaban J connectivity index is 1.66. The van der Waals surface area contributed by atoms with Gasteiger partial charge >= 0.3 is 0 Å². The zero-order valence-electron chi connectivity index (χ0n) is 21.6. The van der Waals surface area contributed by atoms with Crippen LogP contribution in [-0.2, 0) is 4.74 Å². The van der Waals surface area contributed by atoms with Crippen LogP contribution in [0.4, 0.5) is 14.6 Å². The molecular formula is C27H26F2N6O4. The van der Waals surface area contributed by atoms with Crippen molar-refractivity contribution in [1.82, 2.24) is 25.3 Å². The maximum absolute atomic E-state index is 15.4. The summed E-state index contributed by atoms with van der Waals surface area (Å²) in [5, 5.41) is 3.23. The van der Waals surface area contributed by atoms with Gasteiger partial charge in [-0.3, -0.25) is 9.78 Å². The third-order valence-electron chi connectivity index (χ3n) is 6.28. The average molecular weight is 537 g/mol. The van der Waals surface area contributed by atoms with Crippen molar-refractivity contribution in [2.45, 2.75) is 6.92 Å². The Hall–Kier alpha value is -4.45. The fraction of sp³-hybridized carbons (Fsp3) is 0.296. The standard InChI is InChI=1S/C27H26F2N6O4/c1-4-30-27(36)17-6-5-15(13-31-17)25-32-14-16-11-18(21-22(28)19(37-2)12-20(38-3)23(21)29)33-26(24(16)34-25)35-7-9-39-10-8-35/h5-6,11-14H,4,7-10H2,1-3H3,(H,30,36). The van der Waals surface area contributed by atoms with Gasteiger partial charge in [0.2, 0.25) is 0 Å². The Labute approximate surface area is 223 Å². The Morgan fingerprint density at radius 1 is 1.03 bits per heavy atom. The molecule has 0 bridgehead atoms. The number of amides is 1. The number of methoxy groups -OCH3 is 2. The third kappa shape index (κ3) is 5.02. The second kappa shape index (κ2) is 11.1. The first-order chi connectivity index (χ1) is 18.9. The van der Waals surface area contributed by atoms with Crippen molar-refractivity contribution in [2.75, 3.05) is 52.0 Å². The summed E-state index contributed by atoms with van der Waals surface area (Å²) in [6.07, 6.45) is 3.09. The van der Waals surface area contributed by atoms with Crippen LogP contribution < -0.4 is 19.7 Å². The van der Waals surface area contributed by atoms with Crippen LogP contribution >= 0.6 is 0 Å². The predicted molar refractivity (Wildman–Crippen MR) is 140 cm³/mol. The number of rotatable bonds is 7. The second-order valence-corrected chi connectivity index (χ2v) is 8.64. The molecule has 1 fully saturated rings. The molecule has 0 aliphatic carbocycles. The van der Waals surface area contributed by atoms with Crippen LogP contribution in [0.15, 0.2) is 36.7 Å². The van der Waals surface area contributed by atoms with Gasteiger partial charge < -0.3 is 24.4 Å². The highest BCUT2D eigenvalue weighted by molar-refractivity contribution is 5.94. The molecule has 0 unspecified atom stereocenters. The van der Waals surface area contributed by atoms with Crippen LogP contribution in [0.1, 0.15) is 17.4 Å². The maximum atomic E-state index is 15.4. The summed E-state index contributed by atoms with van der Waals surface area (Å²) >= 11 is 0. The number of halogens is 2. The molecule has 0 atom stereocenters. The highest BCUT2D eigenvalue weighted by atomic mass is 19.1. The van der Waals surface area contributed by atoms with Crippen molar-refractivity contribution in [2.24, 2.45) is 0 Å². The predicted octanol–water partition coefficient (Wildman–Crippen LogP) is 3.64. The van der Waals surface area contributed by atoms with Gasteiger partial charge in [0.1, 0.15) is 11.2 Å². The van der Waals surface area contributed by atoms with Crippen molar-refractivity contribution >= 4 is 22.6 Å². The molecule has 1 N–H and O–H groups in total. The first-order valence-corrected chi connectivity index (χ1v) is 12.3. The van der Waals surface area contributed by atoms with Crippen molar-refractivity contribution < 1.29 is 27.8 Å². The van der Waals surface area contributed by atoms with E-state index in [-0.39, 0.29) is 34.4 Å². The van der Waals surface area contributed by atoms with Crippen molar-refractivity contribution in [3.05, 3.63) is 54.0 Å². The number of hydrogen-bond donors (Lipinski definition) is 1. The number of carbonyl (C=O) groups is 1. The van der Waals surface area contributed by atoms with E-state index in [1.54, 1.807) is 18.3 Å². The number of pyridine rings is 2. The lowest BCUT2D eigenvalue weighted by molar-refractivity contribution is 0.0951. The number of nitrogens with one attached hydrogen (secondary N) is 1. The first-order valence-electron chi connectivity index (χ1n) is 12.3. The molecule has 4 aromatic rings. The van der Waals surface area contributed by atoms with Gasteiger partial charge in [-0.15, -0.1) is 0 Å². The van der Waals surface area contributed by atoms with Gasteiger partial charge in [0.15, 0.2) is 34.8 Å². The lowest BCUT2D eigenvalue weighted by atomic mass is 10.1. The number of fused-ring (bicyclic) bond motifs is 1. The SMILES string of the molecule is CCNC(=O)c1ccc(-c2ncc3cc(-c4c(F)c(OC)cc(OC)c4F)nc(N4CCOCC4)c3n2)cn1. The minimum atomic E-state index is -0.897. The summed E-state index contributed by atoms with van der Waals surface area (Å²) in [5.74, 6) is -1.62. The lowest BCUT2D eigenvalue weighted by Crippen LogP contribution is -2.37. The van der Waals surface area contributed by atoms with Crippen molar-refractivity contribution in [3.63, 3.8) is 0 Å². The third-order valence-corrected chi connectivity index (χ3v) is 6.28. The molecule has 1 saturated heterocycles. The molecule has 202 valence electrons. The molecule has 10 nitrogen and oxygen atoms in total. The van der Waals surface area contributed by atoms with E-state index in [2.05, 4.69) is 20.3 Å². The first kappa shape index (κ1) is 26.2. The molecular weight excluding hydrogens is 510 g/mol. The summed E-state index contributed by atoms with van der Waals surface area (Å²) in [6.45, 7) is 4.28. The van der Waals surface area contributed by atoms with Gasteiger partial charge in [-0.25, -0.2) is 23.7 Å². The van der Waals surface area contributed by atoms with Gasteiger partial charge in [0.05, 0.1) is 38.7 Å². The Kier molecular flexibility index (Phi) is 7.46. The minimum absolute atomic E-state index is 0.0421. The Morgan fingerprint density at radius 2 is 1.74 bits per heavy atom. The summed E-state index contributed by atoms with van der Waals surface area (Å²) in [5.41, 5.74) is 1.03. The Bertz CT molecular complexity index is 1500. The molecule has 39 heavy (non-hydrogen) atoms. The molecule has 1 aliphatic heterocycles. The van der Waals surface area contributed by atoms with E-state index in [9.17, 15) is 4.79 Å². The van der Waals surface area contributed by atoms with Crippen LogP contribution in [0.3, 0.4) is 0 Å². The number of anilines is 1. The Morgan fingerprint density at radius 3 is 2.36 bits per heavy atom. The van der Waals surface area contributed by atoms with E-state index in [0.717, 1.165) is 6.07 Å². The van der Waals surface area contributed by atoms with E-state index in [0.29, 0.717) is 61.0 Å². The van der Waals surface area contributed by atoms with E-state index >= 15 is 8.78 Å². The smallest absolute Gasteiger partial charge is 0.269 e. The van der Waals surface area contributed by atoms with Crippen molar-refractivity contribution in [1.29, 1.82) is 0 Å². The molecule has 1 amide bonds. The number of benzene rings is 1. The highest BCUT2D eigenvalue weighted by Gasteiger charge is 2.26. The monoisotopic (exact) mass is 536 g/mol. The normalized spacial score (nSPS) is 13.4. The van der Waals surface area contributed by atoms with Crippen LogP contribution in [0, 0.1) is 11.6 Å². The zero-order valence-corrected chi connectivity index (χ0v) is 21.6. The molecule has 1 aliphatic rings. The number of nitrogens with zero attached hydrogens (tertiary/aromatic N) is 5. The molecule has 0 saturated carbocycles. The van der Waals surface area contributed by atoms with Crippen LogP contribution in [0.25, 0.3) is 33.5 Å². The quantitative estimate of drug-likeness (QED) is 0.378. The number of aromatic nitrogens is 4. The number of morpholine rings is 1. The zero-order chi connectivity index (χ0) is 27.5. The molecule has 0 radical (unpaired) electrons. The van der Waals surface area contributed by atoms with Crippen LogP contribution in [0.5, 0.6) is 11.5 Å². The van der Waals surface area contributed by atoms with E-state index in [1.165, 1.54) is 26.5 Å². The van der Waals surface area contributed by atoms with Gasteiger partial charge in [-0.05, 0) is 25.1 Å². The molecule has 4 heterocycles. The van der Waals surface area contributed by atoms with Crippen LogP contribution in [-0.4, -0.2) is 72.9 Å². The topological polar surface area (TPSA) is 112 Å². The molecule has 3 aromatic heterocycles. The van der Waals surface area contributed by atoms with Gasteiger partial charge in [0, 0.05) is 49.0 Å². The summed E-state index contributed by atoms with van der Waals surface area (Å²) in [6, 6.07) is 5.99. The molecule has 1 aromatic carbocycles. The number of hydrogen-bond acceptors (Lipinski definition) is 9. The number of carbonyl (C=O) groups excluding carboxylic acids is 1. The minimum Gasteiger partial charge on any atom is -0.494 e. The highest BCUT2D eigenvalue weighted by Crippen LogP contribution is 2.39. The molecule has 12 heteroatoms. The average Bonchev–Trinajstić information content (AvgIpc) is 2.97. The molecule has 0 spiro atoms. The van der Waals surface area contributed by atoms with Crippen molar-refractivity contribution in [3.8, 4) is 34.1 Å².